The third kappa shape index (κ3) is 2.74. The zero-order chi connectivity index (χ0) is 20.2. The first-order valence-electron chi connectivity index (χ1n) is 10.2. The number of rotatable bonds is 2. The molecule has 7 nitrogen and oxygen atoms in total. The van der Waals surface area contributed by atoms with E-state index in [4.69, 9.17) is 9.47 Å². The largest absolute Gasteiger partial charge is 0.467 e. The predicted molar refractivity (Wildman–Crippen MR) is 103 cm³/mol. The van der Waals surface area contributed by atoms with E-state index >= 15 is 0 Å². The average molecular weight is 396 g/mol. The van der Waals surface area contributed by atoms with E-state index in [2.05, 4.69) is 5.32 Å². The number of fused-ring (bicyclic) bond motifs is 3. The van der Waals surface area contributed by atoms with Crippen LogP contribution in [0.1, 0.15) is 36.0 Å². The number of amides is 2. The number of carbonyl (C=O) groups excluding carboxylic acids is 3. The van der Waals surface area contributed by atoms with Crippen LogP contribution in [0, 0.1) is 17.8 Å². The maximum absolute atomic E-state index is 13.3. The summed E-state index contributed by atoms with van der Waals surface area (Å²) in [5, 5.41) is 3.11. The Morgan fingerprint density at radius 2 is 2.10 bits per heavy atom. The van der Waals surface area contributed by atoms with Crippen LogP contribution >= 0.6 is 0 Å². The van der Waals surface area contributed by atoms with Gasteiger partial charge in [-0.2, -0.15) is 0 Å². The van der Waals surface area contributed by atoms with Crippen molar-refractivity contribution in [1.29, 1.82) is 0 Å². The first-order valence-corrected chi connectivity index (χ1v) is 10.2. The molecular formula is C22H24N2O5. The van der Waals surface area contributed by atoms with E-state index in [1.165, 1.54) is 7.11 Å². The summed E-state index contributed by atoms with van der Waals surface area (Å²) >= 11 is 0. The molecule has 152 valence electrons. The first-order chi connectivity index (χ1) is 14.0. The van der Waals surface area contributed by atoms with Crippen LogP contribution in [0.15, 0.2) is 36.4 Å². The minimum atomic E-state index is -0.740. The van der Waals surface area contributed by atoms with E-state index < -0.39 is 17.7 Å². The minimum absolute atomic E-state index is 0.00233. The SMILES string of the molecule is COC(=O)[C@H]1C=CCN1C(=O)[C@@H]1C[C@@H]2CC[C@@H]1C[C@@]21NC(=O)c2ccccc2O1. The summed E-state index contributed by atoms with van der Waals surface area (Å²) in [6.45, 7) is 0.429. The molecule has 3 aliphatic carbocycles. The van der Waals surface area contributed by atoms with Crippen LogP contribution in [-0.4, -0.2) is 48.1 Å². The lowest BCUT2D eigenvalue weighted by Crippen LogP contribution is -2.67. The molecule has 0 aromatic heterocycles. The molecule has 1 spiro atoms. The maximum atomic E-state index is 13.3. The van der Waals surface area contributed by atoms with Gasteiger partial charge in [0.2, 0.25) is 5.91 Å². The number of nitrogens with one attached hydrogen (secondary N) is 1. The fourth-order valence-corrected chi connectivity index (χ4v) is 5.55. The summed E-state index contributed by atoms with van der Waals surface area (Å²) in [5.41, 5.74) is -0.188. The summed E-state index contributed by atoms with van der Waals surface area (Å²) in [7, 11) is 1.34. The van der Waals surface area contributed by atoms with Gasteiger partial charge in [-0.1, -0.05) is 24.3 Å². The van der Waals surface area contributed by atoms with E-state index in [1.807, 2.05) is 24.3 Å². The Morgan fingerprint density at radius 3 is 2.86 bits per heavy atom. The predicted octanol–water partition coefficient (Wildman–Crippen LogP) is 1.88. The molecule has 7 heteroatoms. The molecule has 0 radical (unpaired) electrons. The monoisotopic (exact) mass is 396 g/mol. The Kier molecular flexibility index (Phi) is 4.15. The van der Waals surface area contributed by atoms with Gasteiger partial charge >= 0.3 is 5.97 Å². The standard InChI is InChI=1S/C22H24N2O5/c1-28-21(27)17-6-4-10-24(17)20(26)16-11-14-9-8-13(16)12-22(14)23-19(25)15-5-2-3-7-18(15)29-22/h2-7,13-14,16-17H,8-12H2,1H3,(H,23,25)/t13-,14+,16-,17-,22+/m1/s1. The van der Waals surface area contributed by atoms with E-state index in [0.29, 0.717) is 30.7 Å². The van der Waals surface area contributed by atoms with Crippen molar-refractivity contribution in [3.05, 3.63) is 42.0 Å². The molecule has 0 unspecified atom stereocenters. The molecule has 1 aromatic rings. The highest BCUT2D eigenvalue weighted by molar-refractivity contribution is 5.98. The zero-order valence-electron chi connectivity index (χ0n) is 16.3. The first kappa shape index (κ1) is 18.2. The molecule has 2 bridgehead atoms. The van der Waals surface area contributed by atoms with E-state index in [-0.39, 0.29) is 29.6 Å². The molecule has 0 saturated heterocycles. The van der Waals surface area contributed by atoms with Gasteiger partial charge in [0.1, 0.15) is 11.8 Å². The van der Waals surface area contributed by atoms with Crippen molar-refractivity contribution in [2.45, 2.75) is 37.5 Å². The van der Waals surface area contributed by atoms with Crippen LogP contribution in [0.4, 0.5) is 0 Å². The molecule has 6 rings (SSSR count). The third-order valence-electron chi connectivity index (χ3n) is 6.97. The molecule has 1 aromatic carbocycles. The van der Waals surface area contributed by atoms with Gasteiger partial charge < -0.3 is 19.7 Å². The van der Waals surface area contributed by atoms with E-state index in [0.717, 1.165) is 12.8 Å². The second-order valence-corrected chi connectivity index (χ2v) is 8.41. The van der Waals surface area contributed by atoms with Crippen molar-refractivity contribution < 1.29 is 23.9 Å². The number of hydrogen-bond acceptors (Lipinski definition) is 5. The number of para-hydroxylation sites is 1. The molecule has 29 heavy (non-hydrogen) atoms. The maximum Gasteiger partial charge on any atom is 0.332 e. The molecular weight excluding hydrogens is 372 g/mol. The normalized spacial score (nSPS) is 34.5. The van der Waals surface area contributed by atoms with Gasteiger partial charge in [-0.3, -0.25) is 9.59 Å². The third-order valence-corrected chi connectivity index (χ3v) is 6.97. The number of hydrogen-bond donors (Lipinski definition) is 1. The fraction of sp³-hybridized carbons (Fsp3) is 0.500. The number of benzene rings is 1. The number of ether oxygens (including phenoxy) is 2. The Hall–Kier alpha value is -2.83. The van der Waals surface area contributed by atoms with Crippen LogP contribution in [0.3, 0.4) is 0 Å². The summed E-state index contributed by atoms with van der Waals surface area (Å²) in [5.74, 6) is 0.0893. The summed E-state index contributed by atoms with van der Waals surface area (Å²) in [6, 6.07) is 6.64. The molecule has 3 fully saturated rings. The summed E-state index contributed by atoms with van der Waals surface area (Å²) in [4.78, 5) is 39.6. The highest BCUT2D eigenvalue weighted by Crippen LogP contribution is 2.53. The summed E-state index contributed by atoms with van der Waals surface area (Å²) in [6.07, 6.45) is 6.66. The lowest BCUT2D eigenvalue weighted by atomic mass is 9.59. The van der Waals surface area contributed by atoms with Crippen LogP contribution in [0.25, 0.3) is 0 Å². The topological polar surface area (TPSA) is 84.9 Å². The molecule has 5 atom stereocenters. The van der Waals surface area contributed by atoms with E-state index in [9.17, 15) is 14.4 Å². The van der Waals surface area contributed by atoms with Crippen molar-refractivity contribution in [3.63, 3.8) is 0 Å². The Bertz CT molecular complexity index is 912. The number of nitrogens with zero attached hydrogens (tertiary/aromatic N) is 1. The average Bonchev–Trinajstić information content (AvgIpc) is 3.23. The molecule has 1 N–H and O–H groups in total. The Morgan fingerprint density at radius 1 is 1.28 bits per heavy atom. The highest BCUT2D eigenvalue weighted by atomic mass is 16.5. The van der Waals surface area contributed by atoms with Crippen molar-refractivity contribution in [2.75, 3.05) is 13.7 Å². The number of esters is 1. The van der Waals surface area contributed by atoms with Crippen LogP contribution < -0.4 is 10.1 Å². The quantitative estimate of drug-likeness (QED) is 0.610. The van der Waals surface area contributed by atoms with Gasteiger partial charge in [0.25, 0.3) is 5.91 Å². The lowest BCUT2D eigenvalue weighted by Gasteiger charge is -2.55. The van der Waals surface area contributed by atoms with Crippen molar-refractivity contribution in [1.82, 2.24) is 10.2 Å². The Labute approximate surface area is 169 Å². The fourth-order valence-electron chi connectivity index (χ4n) is 5.55. The van der Waals surface area contributed by atoms with Gasteiger partial charge in [-0.25, -0.2) is 4.79 Å². The molecule has 3 saturated carbocycles. The van der Waals surface area contributed by atoms with Crippen LogP contribution in [-0.2, 0) is 14.3 Å². The van der Waals surface area contributed by atoms with Crippen molar-refractivity contribution >= 4 is 17.8 Å². The second kappa shape index (κ2) is 6.61. The number of methoxy groups -OCH3 is 1. The molecule has 2 aliphatic heterocycles. The smallest absolute Gasteiger partial charge is 0.332 e. The highest BCUT2D eigenvalue weighted by Gasteiger charge is 2.57. The van der Waals surface area contributed by atoms with Gasteiger partial charge in [0, 0.05) is 24.8 Å². The number of carbonyl (C=O) groups is 3. The van der Waals surface area contributed by atoms with Gasteiger partial charge in [0.15, 0.2) is 5.72 Å². The van der Waals surface area contributed by atoms with Crippen LogP contribution in [0.2, 0.25) is 0 Å². The van der Waals surface area contributed by atoms with Gasteiger partial charge in [-0.05, 0) is 37.3 Å². The van der Waals surface area contributed by atoms with Crippen LogP contribution in [0.5, 0.6) is 5.75 Å². The van der Waals surface area contributed by atoms with Crippen molar-refractivity contribution in [2.24, 2.45) is 17.8 Å². The second-order valence-electron chi connectivity index (χ2n) is 8.41. The van der Waals surface area contributed by atoms with E-state index in [1.54, 1.807) is 17.0 Å². The lowest BCUT2D eigenvalue weighted by molar-refractivity contribution is -0.161. The molecule has 2 heterocycles. The zero-order valence-corrected chi connectivity index (χ0v) is 16.3. The van der Waals surface area contributed by atoms with Crippen molar-refractivity contribution in [3.8, 4) is 5.75 Å². The summed E-state index contributed by atoms with van der Waals surface area (Å²) < 4.78 is 11.2. The van der Waals surface area contributed by atoms with Gasteiger partial charge in [0.05, 0.1) is 12.7 Å². The molecule has 2 amide bonds. The van der Waals surface area contributed by atoms with Gasteiger partial charge in [-0.15, -0.1) is 0 Å². The minimum Gasteiger partial charge on any atom is -0.467 e. The Balaban J connectivity index is 1.37. The molecule has 5 aliphatic rings.